The lowest BCUT2D eigenvalue weighted by Gasteiger charge is -2.35. The minimum Gasteiger partial charge on any atom is -0.355 e. The smallest absolute Gasteiger partial charge is 0.146 e. The Morgan fingerprint density at radius 2 is 2.00 bits per heavy atom. The number of aromatic nitrogens is 1. The molecule has 0 radical (unpaired) electrons. The van der Waals surface area contributed by atoms with Crippen LogP contribution in [0.2, 0.25) is 0 Å². The molecule has 20 heavy (non-hydrogen) atoms. The molecule has 3 aliphatic rings. The number of fused-ring (bicyclic) bond motifs is 1. The molecule has 1 aromatic heterocycles. The van der Waals surface area contributed by atoms with Crippen LogP contribution in [-0.4, -0.2) is 18.1 Å². The molecule has 0 N–H and O–H groups in total. The first kappa shape index (κ1) is 12.2. The molecular formula is C17H21N3. The van der Waals surface area contributed by atoms with Crippen LogP contribution in [0.25, 0.3) is 0 Å². The fourth-order valence-corrected chi connectivity index (χ4v) is 3.92. The number of hydrogen-bond acceptors (Lipinski definition) is 3. The fraction of sp³-hybridized carbons (Fsp3) is 0.647. The van der Waals surface area contributed by atoms with Crippen molar-refractivity contribution in [3.8, 4) is 6.07 Å². The van der Waals surface area contributed by atoms with E-state index in [1.54, 1.807) is 0 Å². The summed E-state index contributed by atoms with van der Waals surface area (Å²) >= 11 is 0. The maximum absolute atomic E-state index is 9.48. The maximum Gasteiger partial charge on any atom is 0.146 e. The molecule has 0 amide bonds. The molecule has 0 atom stereocenters. The van der Waals surface area contributed by atoms with Gasteiger partial charge in [-0.25, -0.2) is 4.98 Å². The highest BCUT2D eigenvalue weighted by Gasteiger charge is 2.46. The van der Waals surface area contributed by atoms with Crippen molar-refractivity contribution >= 4 is 5.82 Å². The van der Waals surface area contributed by atoms with E-state index in [0.29, 0.717) is 5.41 Å². The zero-order valence-electron chi connectivity index (χ0n) is 12.0. The van der Waals surface area contributed by atoms with E-state index in [9.17, 15) is 5.26 Å². The summed E-state index contributed by atoms with van der Waals surface area (Å²) in [4.78, 5) is 7.30. The first-order valence-corrected chi connectivity index (χ1v) is 7.98. The topological polar surface area (TPSA) is 39.9 Å². The van der Waals surface area contributed by atoms with E-state index in [2.05, 4.69) is 17.0 Å². The van der Waals surface area contributed by atoms with Crippen LogP contribution in [0.5, 0.6) is 0 Å². The molecule has 2 fully saturated rings. The lowest BCUT2D eigenvalue weighted by Crippen LogP contribution is -2.37. The number of piperidine rings is 1. The van der Waals surface area contributed by atoms with Gasteiger partial charge in [-0.15, -0.1) is 0 Å². The summed E-state index contributed by atoms with van der Waals surface area (Å²) in [7, 11) is 0. The molecule has 2 heterocycles. The van der Waals surface area contributed by atoms with Gasteiger partial charge in [0.05, 0.1) is 5.56 Å². The van der Waals surface area contributed by atoms with Crippen molar-refractivity contribution in [2.75, 3.05) is 18.0 Å². The van der Waals surface area contributed by atoms with Gasteiger partial charge >= 0.3 is 0 Å². The largest absolute Gasteiger partial charge is 0.355 e. The van der Waals surface area contributed by atoms with E-state index in [-0.39, 0.29) is 0 Å². The van der Waals surface area contributed by atoms with Gasteiger partial charge in [-0.1, -0.05) is 0 Å². The van der Waals surface area contributed by atoms with Crippen molar-refractivity contribution < 1.29 is 0 Å². The fourth-order valence-electron chi connectivity index (χ4n) is 3.92. The van der Waals surface area contributed by atoms with Crippen LogP contribution < -0.4 is 4.90 Å². The van der Waals surface area contributed by atoms with Crippen molar-refractivity contribution in [2.45, 2.75) is 51.4 Å². The van der Waals surface area contributed by atoms with Crippen molar-refractivity contribution in [1.29, 1.82) is 5.26 Å². The van der Waals surface area contributed by atoms with Gasteiger partial charge in [0.15, 0.2) is 0 Å². The third kappa shape index (κ3) is 1.98. The van der Waals surface area contributed by atoms with Gasteiger partial charge in [0.25, 0.3) is 0 Å². The third-order valence-electron chi connectivity index (χ3n) is 5.32. The molecule has 1 spiro atoms. The Morgan fingerprint density at radius 3 is 2.80 bits per heavy atom. The van der Waals surface area contributed by atoms with E-state index >= 15 is 0 Å². The van der Waals surface area contributed by atoms with Gasteiger partial charge in [0.2, 0.25) is 0 Å². The van der Waals surface area contributed by atoms with Crippen LogP contribution in [-0.2, 0) is 12.8 Å². The van der Waals surface area contributed by atoms with Crippen molar-refractivity contribution in [1.82, 2.24) is 4.98 Å². The SMILES string of the molecule is N#Cc1cc2c(nc1N1CCCC3(CC3)C1)CCCC2. The summed E-state index contributed by atoms with van der Waals surface area (Å²) in [6, 6.07) is 4.50. The highest BCUT2D eigenvalue weighted by atomic mass is 15.2. The van der Waals surface area contributed by atoms with Crippen LogP contribution in [0.1, 0.15) is 55.3 Å². The van der Waals surface area contributed by atoms with E-state index < -0.39 is 0 Å². The zero-order chi connectivity index (χ0) is 13.6. The number of nitrogens with zero attached hydrogens (tertiary/aromatic N) is 3. The monoisotopic (exact) mass is 267 g/mol. The Balaban J connectivity index is 1.71. The number of pyridine rings is 1. The van der Waals surface area contributed by atoms with E-state index in [4.69, 9.17) is 4.98 Å². The Morgan fingerprint density at radius 1 is 1.15 bits per heavy atom. The predicted octanol–water partition coefficient (Wildman–Crippen LogP) is 3.21. The molecule has 1 aliphatic heterocycles. The lowest BCUT2D eigenvalue weighted by atomic mass is 9.93. The molecule has 0 aromatic carbocycles. The number of rotatable bonds is 1. The van der Waals surface area contributed by atoms with Crippen LogP contribution in [0.4, 0.5) is 5.82 Å². The molecule has 0 bridgehead atoms. The number of aryl methyl sites for hydroxylation is 2. The van der Waals surface area contributed by atoms with Gasteiger partial charge in [-0.2, -0.15) is 5.26 Å². The Hall–Kier alpha value is -1.56. The molecular weight excluding hydrogens is 246 g/mol. The summed E-state index contributed by atoms with van der Waals surface area (Å²) in [6.45, 7) is 2.19. The summed E-state index contributed by atoms with van der Waals surface area (Å²) in [5, 5.41) is 9.48. The number of anilines is 1. The number of hydrogen-bond donors (Lipinski definition) is 0. The van der Waals surface area contributed by atoms with Gasteiger partial charge in [0, 0.05) is 18.8 Å². The van der Waals surface area contributed by atoms with Crippen LogP contribution in [0.15, 0.2) is 6.07 Å². The predicted molar refractivity (Wildman–Crippen MR) is 78.7 cm³/mol. The van der Waals surface area contributed by atoms with E-state index in [1.807, 2.05) is 0 Å². The van der Waals surface area contributed by atoms with E-state index in [1.165, 1.54) is 49.8 Å². The molecule has 104 valence electrons. The summed E-state index contributed by atoms with van der Waals surface area (Å²) in [5.74, 6) is 0.971. The normalized spacial score (nSPS) is 23.2. The van der Waals surface area contributed by atoms with Crippen molar-refractivity contribution in [3.63, 3.8) is 0 Å². The first-order valence-electron chi connectivity index (χ1n) is 7.98. The molecule has 3 nitrogen and oxygen atoms in total. The van der Waals surface area contributed by atoms with Crippen LogP contribution in [0.3, 0.4) is 0 Å². The highest BCUT2D eigenvalue weighted by molar-refractivity contribution is 5.57. The molecule has 1 saturated carbocycles. The Labute approximate surface area is 120 Å². The lowest BCUT2D eigenvalue weighted by molar-refractivity contribution is 0.393. The quantitative estimate of drug-likeness (QED) is 0.784. The molecule has 1 saturated heterocycles. The highest BCUT2D eigenvalue weighted by Crippen LogP contribution is 2.52. The van der Waals surface area contributed by atoms with Gasteiger partial charge in [-0.3, -0.25) is 0 Å². The molecule has 4 rings (SSSR count). The first-order chi connectivity index (χ1) is 9.80. The average Bonchev–Trinajstić information content (AvgIpc) is 3.24. The molecule has 1 aromatic rings. The van der Waals surface area contributed by atoms with Crippen molar-refractivity contribution in [3.05, 3.63) is 22.9 Å². The summed E-state index contributed by atoms with van der Waals surface area (Å²) in [5.41, 5.74) is 3.93. The standard InChI is InChI=1S/C17H21N3/c18-11-14-10-13-4-1-2-5-15(13)19-16(14)20-9-3-6-17(12-20)7-8-17/h10H,1-9,12H2. The third-order valence-corrected chi connectivity index (χ3v) is 5.32. The summed E-state index contributed by atoms with van der Waals surface area (Å²) in [6.07, 6.45) is 10.0. The van der Waals surface area contributed by atoms with Gasteiger partial charge in [0.1, 0.15) is 11.9 Å². The zero-order valence-corrected chi connectivity index (χ0v) is 12.0. The second kappa shape index (κ2) is 4.48. The maximum atomic E-state index is 9.48. The van der Waals surface area contributed by atoms with Crippen LogP contribution in [0, 0.1) is 16.7 Å². The molecule has 2 aliphatic carbocycles. The Bertz CT molecular complexity index is 581. The second-order valence-electron chi connectivity index (χ2n) is 6.81. The van der Waals surface area contributed by atoms with Crippen molar-refractivity contribution in [2.24, 2.45) is 5.41 Å². The molecule has 0 unspecified atom stereocenters. The molecule has 3 heteroatoms. The second-order valence-corrected chi connectivity index (χ2v) is 6.81. The minimum atomic E-state index is 0.572. The Kier molecular flexibility index (Phi) is 2.73. The van der Waals surface area contributed by atoms with E-state index in [0.717, 1.165) is 37.3 Å². The average molecular weight is 267 g/mol. The minimum absolute atomic E-state index is 0.572. The number of nitriles is 1. The van der Waals surface area contributed by atoms with Crippen LogP contribution >= 0.6 is 0 Å². The van der Waals surface area contributed by atoms with Gasteiger partial charge in [-0.05, 0) is 68.4 Å². The summed E-state index contributed by atoms with van der Waals surface area (Å²) < 4.78 is 0. The van der Waals surface area contributed by atoms with Gasteiger partial charge < -0.3 is 4.90 Å².